The first-order valence-corrected chi connectivity index (χ1v) is 33.9. The van der Waals surface area contributed by atoms with Crippen LogP contribution in [0.25, 0.3) is 0 Å². The van der Waals surface area contributed by atoms with Crippen LogP contribution in [0.5, 0.6) is 0 Å². The van der Waals surface area contributed by atoms with E-state index < -0.39 is 13.0 Å². The van der Waals surface area contributed by atoms with Crippen LogP contribution in [0, 0.1) is 35.5 Å². The highest BCUT2D eigenvalue weighted by atomic mass is 79.9. The van der Waals surface area contributed by atoms with Gasteiger partial charge in [0.15, 0.2) is 0 Å². The number of nitrogens with zero attached hydrogens (tertiary/aromatic N) is 7. The van der Waals surface area contributed by atoms with Crippen LogP contribution in [0.1, 0.15) is 147 Å². The highest BCUT2D eigenvalue weighted by Crippen LogP contribution is 2.43. The number of aliphatic carboxylic acids is 1. The monoisotopic (exact) mass is 1300 g/mol. The lowest BCUT2D eigenvalue weighted by Gasteiger charge is -2.43. The second-order valence-corrected chi connectivity index (χ2v) is 28.2. The minimum absolute atomic E-state index is 0.181. The molecular weight excluding hydrogens is 1210 g/mol. The van der Waals surface area contributed by atoms with E-state index in [0.29, 0.717) is 24.2 Å². The van der Waals surface area contributed by atoms with Crippen LogP contribution in [0.2, 0.25) is 23.7 Å². The summed E-state index contributed by atoms with van der Waals surface area (Å²) in [6, 6.07) is 17.9. The van der Waals surface area contributed by atoms with E-state index in [2.05, 4.69) is 99.2 Å². The molecule has 2 aromatic carbocycles. The van der Waals surface area contributed by atoms with Gasteiger partial charge in [0, 0.05) is 57.3 Å². The van der Waals surface area contributed by atoms with E-state index in [9.17, 15) is 19.6 Å². The minimum atomic E-state index is -0.713. The fraction of sp³-hybridized carbons (Fsp3) is 0.625. The Morgan fingerprint density at radius 3 is 1.34 bits per heavy atom. The van der Waals surface area contributed by atoms with Gasteiger partial charge in [0.1, 0.15) is 0 Å². The predicted octanol–water partition coefficient (Wildman–Crippen LogP) is 11.5. The standard InChI is InChI=1S/C32H43BBrClN4O2.C24H29BrClN3.C8H16BNO3/c1-33(41)39-16-6-22(7-17-39)18-30(40)37-12-8-23(9-13-37)24-10-14-38(15-11-24)32-29-5-4-28(35)20-25(29)2-3-26-19-27(34)21-36-31(26)32;25-20-13-19-2-1-18-14-21(26)3-4-22(18)24(23(19)28-15-20)29-11-7-17(8-12-29)16-5-9-27-10-6-16;1-9(13)10-4-2-7(3-5-10)6-8(11)12/h4-5,19-24,32,41H,2-3,6-18H2,1H3;3-4,13-17,24,27H,1-2,5-12H2;7,13H,2-6H2,1H3,(H,11,12). The van der Waals surface area contributed by atoms with Crippen molar-refractivity contribution in [3.63, 3.8) is 0 Å². The molecule has 13 nitrogen and oxygen atoms in total. The van der Waals surface area contributed by atoms with E-state index in [0.717, 1.165) is 159 Å². The molecule has 448 valence electrons. The molecule has 4 N–H and O–H groups in total. The molecule has 0 spiro atoms. The van der Waals surface area contributed by atoms with Crippen molar-refractivity contribution in [1.29, 1.82) is 0 Å². The number of hydrogen-bond acceptors (Lipinski definition) is 11. The third-order valence-electron chi connectivity index (χ3n) is 20.4. The third-order valence-corrected chi connectivity index (χ3v) is 21.7. The quantitative estimate of drug-likeness (QED) is 0.112. The average Bonchev–Trinajstić information content (AvgIpc) is 3.97. The number of carbonyl (C=O) groups excluding carboxylic acids is 1. The molecule has 12 rings (SSSR count). The average molecular weight is 1300 g/mol. The van der Waals surface area contributed by atoms with Crippen molar-refractivity contribution < 1.29 is 24.7 Å². The zero-order valence-corrected chi connectivity index (χ0v) is 53.7. The number of aryl methyl sites for hydroxylation is 4. The molecule has 83 heavy (non-hydrogen) atoms. The van der Waals surface area contributed by atoms with Gasteiger partial charge in [0.05, 0.1) is 23.5 Å². The number of carboxylic acid groups (broad SMARTS) is 1. The van der Waals surface area contributed by atoms with E-state index in [1.165, 1.54) is 109 Å². The Hall–Kier alpha value is -2.93. The maximum Gasteiger partial charge on any atom is 0.376 e. The molecule has 8 aliphatic rings. The number of nitrogens with one attached hydrogen (secondary N) is 1. The molecule has 6 fully saturated rings. The minimum Gasteiger partial charge on any atom is -0.481 e. The normalized spacial score (nSPS) is 23.2. The van der Waals surface area contributed by atoms with Crippen LogP contribution >= 0.6 is 55.1 Å². The molecule has 2 aliphatic carbocycles. The zero-order chi connectivity index (χ0) is 58.1. The van der Waals surface area contributed by atoms with Gasteiger partial charge in [0.2, 0.25) is 5.91 Å². The number of carboxylic acids is 1. The molecule has 2 atom stereocenters. The molecule has 0 radical (unpaired) electrons. The smallest absolute Gasteiger partial charge is 0.376 e. The second kappa shape index (κ2) is 29.8. The number of rotatable bonds is 10. The molecule has 2 aromatic heterocycles. The first-order chi connectivity index (χ1) is 40.1. The van der Waals surface area contributed by atoms with Crippen LogP contribution in [-0.4, -0.2) is 154 Å². The van der Waals surface area contributed by atoms with Crippen molar-refractivity contribution in [2.24, 2.45) is 35.5 Å². The van der Waals surface area contributed by atoms with Crippen LogP contribution in [0.15, 0.2) is 69.9 Å². The number of aromatic nitrogens is 2. The zero-order valence-electron chi connectivity index (χ0n) is 49.1. The molecule has 8 heterocycles. The molecule has 0 saturated carbocycles. The highest BCUT2D eigenvalue weighted by molar-refractivity contribution is 9.10. The van der Waals surface area contributed by atoms with Crippen molar-refractivity contribution in [1.82, 2.24) is 39.6 Å². The number of carbonyl (C=O) groups is 2. The van der Waals surface area contributed by atoms with Gasteiger partial charge in [0.25, 0.3) is 0 Å². The van der Waals surface area contributed by atoms with Gasteiger partial charge in [-0.25, -0.2) is 0 Å². The summed E-state index contributed by atoms with van der Waals surface area (Å²) in [6.07, 6.45) is 22.8. The molecule has 6 saturated heterocycles. The van der Waals surface area contributed by atoms with Crippen LogP contribution in [0.3, 0.4) is 0 Å². The predicted molar refractivity (Wildman–Crippen MR) is 342 cm³/mol. The number of piperidine rings is 6. The fourth-order valence-electron chi connectivity index (χ4n) is 15.5. The molecule has 4 aromatic rings. The largest absolute Gasteiger partial charge is 0.481 e. The summed E-state index contributed by atoms with van der Waals surface area (Å²) in [5.41, 5.74) is 10.7. The van der Waals surface area contributed by atoms with Gasteiger partial charge < -0.3 is 35.0 Å². The molecule has 19 heteroatoms. The number of amides is 1. The Balaban J connectivity index is 0.000000158. The Labute approximate surface area is 521 Å². The number of pyridine rings is 2. The SMILES string of the molecule is CB(O)N1CCC(CC(=O)N2CCC(C3CCN(C4c5ccc(Cl)cc5CCc5cc(Br)cnc54)CC3)CC2)CC1.CB(O)N1CCC(CC(=O)O)CC1.Clc1ccc2c(c1)CCc1cc(Br)cnc1C2N1CCC(C2CCNCC2)CC1. The van der Waals surface area contributed by atoms with Gasteiger partial charge in [-0.2, -0.15) is 0 Å². The summed E-state index contributed by atoms with van der Waals surface area (Å²) in [6.45, 7) is 15.7. The van der Waals surface area contributed by atoms with Crippen molar-refractivity contribution in [2.45, 2.75) is 141 Å². The van der Waals surface area contributed by atoms with Gasteiger partial charge in [-0.15, -0.1) is 0 Å². The highest BCUT2D eigenvalue weighted by Gasteiger charge is 2.38. The van der Waals surface area contributed by atoms with Crippen molar-refractivity contribution in [2.75, 3.05) is 78.5 Å². The maximum absolute atomic E-state index is 13.1. The van der Waals surface area contributed by atoms with E-state index in [1.807, 2.05) is 30.1 Å². The van der Waals surface area contributed by atoms with E-state index in [1.54, 1.807) is 6.82 Å². The Bertz CT molecular complexity index is 2690. The van der Waals surface area contributed by atoms with Gasteiger partial charge in [-0.05, 0) is 319 Å². The Morgan fingerprint density at radius 1 is 0.542 bits per heavy atom. The Kier molecular flexibility index (Phi) is 22.7. The summed E-state index contributed by atoms with van der Waals surface area (Å²) in [7, 11) is -0.777. The molecule has 2 unspecified atom stereocenters. The number of likely N-dealkylation sites (tertiary alicyclic amines) is 3. The number of fused-ring (bicyclic) bond motifs is 4. The van der Waals surface area contributed by atoms with E-state index in [4.69, 9.17) is 38.3 Å². The lowest BCUT2D eigenvalue weighted by Crippen LogP contribution is -2.45. The summed E-state index contributed by atoms with van der Waals surface area (Å²) < 4.78 is 2.12. The van der Waals surface area contributed by atoms with Gasteiger partial charge in [-0.1, -0.05) is 35.3 Å². The summed E-state index contributed by atoms with van der Waals surface area (Å²) >= 11 is 20.1. The van der Waals surface area contributed by atoms with Crippen molar-refractivity contribution in [3.05, 3.63) is 125 Å². The Morgan fingerprint density at radius 2 is 0.928 bits per heavy atom. The van der Waals surface area contributed by atoms with Crippen molar-refractivity contribution >= 4 is 81.0 Å². The summed E-state index contributed by atoms with van der Waals surface area (Å²) in [4.78, 5) is 45.0. The number of halogens is 4. The number of benzene rings is 2. The summed E-state index contributed by atoms with van der Waals surface area (Å²) in [5.74, 6) is 3.66. The van der Waals surface area contributed by atoms with E-state index in [-0.39, 0.29) is 25.6 Å². The first kappa shape index (κ1) is 63.1. The third kappa shape index (κ3) is 16.4. The second-order valence-electron chi connectivity index (χ2n) is 25.5. The molecule has 6 aliphatic heterocycles. The van der Waals surface area contributed by atoms with Crippen LogP contribution < -0.4 is 5.32 Å². The lowest BCUT2D eigenvalue weighted by atomic mass is 9.78. The number of hydrogen-bond donors (Lipinski definition) is 4. The van der Waals surface area contributed by atoms with E-state index >= 15 is 0 Å². The first-order valence-electron chi connectivity index (χ1n) is 31.5. The maximum atomic E-state index is 13.1. The van der Waals surface area contributed by atoms with Crippen LogP contribution in [0.4, 0.5) is 0 Å². The van der Waals surface area contributed by atoms with Crippen molar-refractivity contribution in [3.8, 4) is 0 Å². The molecule has 0 bridgehead atoms. The summed E-state index contributed by atoms with van der Waals surface area (Å²) in [5, 5.41) is 32.8. The lowest BCUT2D eigenvalue weighted by molar-refractivity contribution is -0.138. The molecule has 1 amide bonds. The van der Waals surface area contributed by atoms with Gasteiger partial charge >= 0.3 is 20.1 Å². The van der Waals surface area contributed by atoms with Crippen LogP contribution in [-0.2, 0) is 35.3 Å². The topological polar surface area (TPSA) is 149 Å². The molecular formula is C64H88B2Br2Cl2N8O5. The van der Waals surface area contributed by atoms with Gasteiger partial charge in [-0.3, -0.25) is 29.4 Å². The fourth-order valence-corrected chi connectivity index (χ4v) is 16.6.